The Kier molecular flexibility index (Phi) is 13.0. The minimum atomic E-state index is -4.89. The van der Waals surface area contributed by atoms with Gasteiger partial charge in [-0.15, -0.1) is 0 Å². The maximum Gasteiger partial charge on any atom is 0.472 e. The van der Waals surface area contributed by atoms with Crippen LogP contribution >= 0.6 is 7.82 Å². The third-order valence-corrected chi connectivity index (χ3v) is 4.36. The molecule has 0 amide bonds. The second-order valence-corrected chi connectivity index (χ2v) is 7.00. The van der Waals surface area contributed by atoms with Gasteiger partial charge in [-0.25, -0.2) is 4.57 Å². The molecule has 1 unspecified atom stereocenters. The van der Waals surface area contributed by atoms with Gasteiger partial charge in [-0.3, -0.25) is 4.52 Å². The van der Waals surface area contributed by atoms with Crippen LogP contribution in [0.2, 0.25) is 0 Å². The Morgan fingerprint density at radius 1 is 0.962 bits per heavy atom. The molecule has 26 heavy (non-hydrogen) atoms. The van der Waals surface area contributed by atoms with Crippen molar-refractivity contribution in [2.75, 3.05) is 32.8 Å². The van der Waals surface area contributed by atoms with Gasteiger partial charge < -0.3 is 39.5 Å². The van der Waals surface area contributed by atoms with Gasteiger partial charge in [0.2, 0.25) is 0 Å². The van der Waals surface area contributed by atoms with Crippen LogP contribution in [0.4, 0.5) is 0 Å². The molecule has 5 atom stereocenters. The first kappa shape index (κ1) is 25.9. The van der Waals surface area contributed by atoms with Gasteiger partial charge >= 0.3 is 7.82 Å². The zero-order valence-corrected chi connectivity index (χ0v) is 16.8. The third-order valence-electron chi connectivity index (χ3n) is 3.88. The average Bonchev–Trinajstić information content (AvgIpc) is 2.58. The van der Waals surface area contributed by atoms with E-state index in [-0.39, 0.29) is 6.61 Å². The van der Waals surface area contributed by atoms with Crippen molar-refractivity contribution in [3.63, 3.8) is 0 Å². The summed E-state index contributed by atoms with van der Waals surface area (Å²) in [4.78, 5) is 19.7. The molecule has 158 valence electrons. The number of rotatable bonds is 9. The topological polar surface area (TPSA) is 149 Å². The summed E-state index contributed by atoms with van der Waals surface area (Å²) in [5, 5.41) is 28.7. The molecule has 0 aromatic heterocycles. The Bertz CT molecular complexity index is 399. The smallest absolute Gasteiger partial charge is 0.387 e. The van der Waals surface area contributed by atoms with E-state index < -0.39 is 38.5 Å². The Hall–Kier alpha value is -0.130. The van der Waals surface area contributed by atoms with Crippen molar-refractivity contribution in [2.24, 2.45) is 0 Å². The lowest BCUT2D eigenvalue weighted by Crippen LogP contribution is -2.59. The Balaban J connectivity index is 0.000000758. The van der Waals surface area contributed by atoms with Crippen molar-refractivity contribution in [3.8, 4) is 0 Å². The number of aliphatic hydroxyl groups excluding tert-OH is 3. The summed E-state index contributed by atoms with van der Waals surface area (Å²) in [6.07, 6.45) is -6.93. The second-order valence-electron chi connectivity index (χ2n) is 5.81. The minimum absolute atomic E-state index is 0.0974. The molecular formula is C15H34NO9P. The van der Waals surface area contributed by atoms with Gasteiger partial charge in [-0.1, -0.05) is 27.7 Å². The number of hydrogen-bond donors (Lipinski definition) is 5. The van der Waals surface area contributed by atoms with Crippen molar-refractivity contribution in [1.82, 2.24) is 4.90 Å². The second kappa shape index (κ2) is 13.1. The SMILES string of the molecule is CCCOC[C@H]1OC(OP(=O)(O)O)[C@H](O)[C@@H](O)[C@H]1O.CCN(CC)CC. The molecule has 1 aliphatic rings. The van der Waals surface area contributed by atoms with Crippen LogP contribution in [0.3, 0.4) is 0 Å². The maximum absolute atomic E-state index is 10.7. The molecule has 1 rings (SSSR count). The Morgan fingerprint density at radius 2 is 1.50 bits per heavy atom. The normalized spacial score (nSPS) is 29.4. The lowest BCUT2D eigenvalue weighted by molar-refractivity contribution is -0.282. The Morgan fingerprint density at radius 3 is 1.88 bits per heavy atom. The van der Waals surface area contributed by atoms with E-state index in [2.05, 4.69) is 30.2 Å². The highest BCUT2D eigenvalue weighted by Crippen LogP contribution is 2.40. The van der Waals surface area contributed by atoms with Crippen LogP contribution in [0.1, 0.15) is 34.1 Å². The van der Waals surface area contributed by atoms with Gasteiger partial charge in [0.05, 0.1) is 6.61 Å². The summed E-state index contributed by atoms with van der Waals surface area (Å²) in [7, 11) is -4.89. The molecule has 5 N–H and O–H groups in total. The average molecular weight is 403 g/mol. The molecule has 0 aliphatic carbocycles. The molecule has 1 fully saturated rings. The van der Waals surface area contributed by atoms with Crippen molar-refractivity contribution in [3.05, 3.63) is 0 Å². The van der Waals surface area contributed by atoms with Crippen LogP contribution in [0, 0.1) is 0 Å². The highest BCUT2D eigenvalue weighted by Gasteiger charge is 2.46. The van der Waals surface area contributed by atoms with Gasteiger partial charge in [0.15, 0.2) is 6.29 Å². The predicted octanol–water partition coefficient (Wildman–Crippen LogP) is -0.322. The largest absolute Gasteiger partial charge is 0.472 e. The molecule has 1 aliphatic heterocycles. The monoisotopic (exact) mass is 403 g/mol. The first-order chi connectivity index (χ1) is 12.1. The van der Waals surface area contributed by atoms with Crippen molar-refractivity contribution >= 4 is 7.82 Å². The minimum Gasteiger partial charge on any atom is -0.387 e. The molecule has 0 spiro atoms. The van der Waals surface area contributed by atoms with E-state index in [1.807, 2.05) is 6.92 Å². The molecule has 0 bridgehead atoms. The van der Waals surface area contributed by atoms with Crippen LogP contribution < -0.4 is 0 Å². The lowest BCUT2D eigenvalue weighted by Gasteiger charge is -2.39. The van der Waals surface area contributed by atoms with Gasteiger partial charge in [0, 0.05) is 6.61 Å². The van der Waals surface area contributed by atoms with Crippen molar-refractivity contribution in [2.45, 2.75) is 64.8 Å². The zero-order chi connectivity index (χ0) is 20.3. The van der Waals surface area contributed by atoms with E-state index in [9.17, 15) is 19.9 Å². The third kappa shape index (κ3) is 9.70. The number of ether oxygens (including phenoxy) is 2. The number of phosphoric acid groups is 1. The van der Waals surface area contributed by atoms with E-state index in [0.29, 0.717) is 6.61 Å². The molecule has 1 heterocycles. The fraction of sp³-hybridized carbons (Fsp3) is 1.00. The summed E-state index contributed by atoms with van der Waals surface area (Å²) >= 11 is 0. The molecule has 1 saturated heterocycles. The van der Waals surface area contributed by atoms with Gasteiger partial charge in [-0.05, 0) is 26.1 Å². The highest BCUT2D eigenvalue weighted by atomic mass is 31.2. The molecule has 10 nitrogen and oxygen atoms in total. The molecule has 0 radical (unpaired) electrons. The maximum atomic E-state index is 10.7. The number of aliphatic hydroxyl groups is 3. The van der Waals surface area contributed by atoms with Crippen LogP contribution in [0.15, 0.2) is 0 Å². The first-order valence-electron chi connectivity index (χ1n) is 8.84. The van der Waals surface area contributed by atoms with Gasteiger partial charge in [0.1, 0.15) is 24.4 Å². The number of nitrogens with zero attached hydrogens (tertiary/aromatic N) is 1. The van der Waals surface area contributed by atoms with Crippen LogP contribution in [-0.2, 0) is 18.6 Å². The predicted molar refractivity (Wildman–Crippen MR) is 94.4 cm³/mol. The van der Waals surface area contributed by atoms with Crippen LogP contribution in [0.5, 0.6) is 0 Å². The Labute approximate surface area is 154 Å². The lowest BCUT2D eigenvalue weighted by atomic mass is 9.99. The standard InChI is InChI=1S/C9H19O9P.C6H15N/c1-2-3-16-4-5-6(10)7(11)8(12)9(17-5)18-19(13,14)15;1-4-7(5-2)6-3/h5-12H,2-4H2,1H3,(H2,13,14,15);4-6H2,1-3H3/t5-,6+,7+,8-,9?;/m1./s1. The first-order valence-corrected chi connectivity index (χ1v) is 10.4. The molecule has 0 aromatic rings. The van der Waals surface area contributed by atoms with Crippen molar-refractivity contribution in [1.29, 1.82) is 0 Å². The van der Waals surface area contributed by atoms with E-state index in [1.54, 1.807) is 0 Å². The fourth-order valence-corrected chi connectivity index (χ4v) is 2.74. The highest BCUT2D eigenvalue weighted by molar-refractivity contribution is 7.46. The fourth-order valence-electron chi connectivity index (χ4n) is 2.29. The quantitative estimate of drug-likeness (QED) is 0.256. The number of hydrogen-bond acceptors (Lipinski definition) is 8. The van der Waals surface area contributed by atoms with E-state index in [4.69, 9.17) is 19.3 Å². The summed E-state index contributed by atoms with van der Waals surface area (Å²) in [5.74, 6) is 0. The summed E-state index contributed by atoms with van der Waals surface area (Å²) in [6.45, 7) is 12.3. The molecular weight excluding hydrogens is 369 g/mol. The van der Waals surface area contributed by atoms with E-state index >= 15 is 0 Å². The van der Waals surface area contributed by atoms with Gasteiger partial charge in [0.25, 0.3) is 0 Å². The van der Waals surface area contributed by atoms with Crippen LogP contribution in [0.25, 0.3) is 0 Å². The zero-order valence-electron chi connectivity index (χ0n) is 15.9. The van der Waals surface area contributed by atoms with E-state index in [1.165, 1.54) is 19.6 Å². The van der Waals surface area contributed by atoms with Crippen LogP contribution in [-0.4, -0.2) is 93.6 Å². The summed E-state index contributed by atoms with van der Waals surface area (Å²) < 4.78 is 25.1. The summed E-state index contributed by atoms with van der Waals surface area (Å²) in [6, 6.07) is 0. The molecule has 0 aromatic carbocycles. The van der Waals surface area contributed by atoms with Crippen molar-refractivity contribution < 1.29 is 43.7 Å². The molecule has 0 saturated carbocycles. The molecule has 11 heteroatoms. The summed E-state index contributed by atoms with van der Waals surface area (Å²) in [5.41, 5.74) is 0. The van der Waals surface area contributed by atoms with E-state index in [0.717, 1.165) is 6.42 Å². The number of phosphoric ester groups is 1. The van der Waals surface area contributed by atoms with Gasteiger partial charge in [-0.2, -0.15) is 0 Å².